The summed E-state index contributed by atoms with van der Waals surface area (Å²) >= 11 is 3.18. The van der Waals surface area contributed by atoms with Gasteiger partial charge >= 0.3 is 6.09 Å². The predicted octanol–water partition coefficient (Wildman–Crippen LogP) is 4.25. The summed E-state index contributed by atoms with van der Waals surface area (Å²) < 4.78 is 18.9. The molecule has 1 aromatic rings. The molecule has 0 bridgehead atoms. The minimum Gasteiger partial charge on any atom is -0.443 e. The monoisotopic (exact) mass is 414 g/mol. The minimum absolute atomic E-state index is 0.240. The maximum absolute atomic E-state index is 13.4. The molecule has 2 N–H and O–H groups in total. The topological polar surface area (TPSA) is 67.4 Å². The van der Waals surface area contributed by atoms with E-state index in [1.807, 2.05) is 0 Å². The number of hydrazine groups is 1. The molecule has 1 aliphatic rings. The van der Waals surface area contributed by atoms with E-state index >= 15 is 0 Å². The van der Waals surface area contributed by atoms with E-state index in [0.717, 1.165) is 31.2 Å². The second kappa shape index (κ2) is 7.72. The fourth-order valence-electron chi connectivity index (χ4n) is 3.12. The quantitative estimate of drug-likeness (QED) is 0.726. The van der Waals surface area contributed by atoms with Crippen LogP contribution in [0.1, 0.15) is 52.0 Å². The van der Waals surface area contributed by atoms with Crippen LogP contribution in [0.4, 0.5) is 9.18 Å². The number of rotatable bonds is 3. The van der Waals surface area contributed by atoms with Crippen molar-refractivity contribution >= 4 is 27.9 Å². The summed E-state index contributed by atoms with van der Waals surface area (Å²) in [5.74, 6) is -0.573. The number of carbonyl (C=O) groups is 2. The first-order valence-corrected chi connectivity index (χ1v) is 9.14. The molecule has 0 radical (unpaired) electrons. The maximum Gasteiger partial charge on any atom is 0.426 e. The average molecular weight is 415 g/mol. The van der Waals surface area contributed by atoms with Gasteiger partial charge in [0.25, 0.3) is 0 Å². The molecule has 25 heavy (non-hydrogen) atoms. The van der Waals surface area contributed by atoms with Gasteiger partial charge < -0.3 is 4.74 Å². The van der Waals surface area contributed by atoms with E-state index in [1.165, 1.54) is 6.07 Å². The molecule has 7 heteroatoms. The van der Waals surface area contributed by atoms with Crippen molar-refractivity contribution in [2.75, 3.05) is 0 Å². The molecule has 1 saturated carbocycles. The second-order valence-electron chi connectivity index (χ2n) is 7.49. The predicted molar refractivity (Wildman–Crippen MR) is 96.2 cm³/mol. The van der Waals surface area contributed by atoms with Crippen molar-refractivity contribution in [3.05, 3.63) is 34.1 Å². The summed E-state index contributed by atoms with van der Waals surface area (Å²) in [6.45, 7) is 5.25. The van der Waals surface area contributed by atoms with Crippen molar-refractivity contribution in [2.45, 2.75) is 58.5 Å². The summed E-state index contributed by atoms with van der Waals surface area (Å²) in [4.78, 5) is 24.5. The van der Waals surface area contributed by atoms with Crippen LogP contribution < -0.4 is 10.9 Å². The maximum atomic E-state index is 13.4. The number of halogens is 2. The molecule has 5 nitrogen and oxygen atoms in total. The van der Waals surface area contributed by atoms with Gasteiger partial charge in [-0.3, -0.25) is 10.2 Å². The second-order valence-corrected chi connectivity index (χ2v) is 8.35. The molecule has 2 amide bonds. The number of benzene rings is 1. The molecule has 0 atom stereocenters. The first-order valence-electron chi connectivity index (χ1n) is 8.35. The van der Waals surface area contributed by atoms with Crippen LogP contribution in [0.3, 0.4) is 0 Å². The molecule has 0 spiro atoms. The highest BCUT2D eigenvalue weighted by atomic mass is 79.9. The van der Waals surface area contributed by atoms with Gasteiger partial charge in [0.2, 0.25) is 5.91 Å². The van der Waals surface area contributed by atoms with Gasteiger partial charge in [-0.25, -0.2) is 14.6 Å². The van der Waals surface area contributed by atoms with Crippen molar-refractivity contribution in [1.29, 1.82) is 0 Å². The highest BCUT2D eigenvalue weighted by Gasteiger charge is 2.41. The molecule has 0 heterocycles. The molecule has 0 aromatic heterocycles. The first kappa shape index (κ1) is 19.7. The molecular weight excluding hydrogens is 391 g/mol. The SMILES string of the molecule is CC(C)(C)OC(=O)NNC(=O)C1(Cc2ccc(F)c(Br)c2)CCCC1. The molecule has 0 saturated heterocycles. The van der Waals surface area contributed by atoms with Gasteiger partial charge in [-0.15, -0.1) is 0 Å². The molecule has 1 aromatic carbocycles. The van der Waals surface area contributed by atoms with E-state index in [4.69, 9.17) is 4.74 Å². The minimum atomic E-state index is -0.696. The number of carbonyl (C=O) groups excluding carboxylic acids is 2. The van der Waals surface area contributed by atoms with Crippen molar-refractivity contribution in [2.24, 2.45) is 5.41 Å². The van der Waals surface area contributed by atoms with Crippen LogP contribution in [0.25, 0.3) is 0 Å². The van der Waals surface area contributed by atoms with Crippen LogP contribution in [-0.2, 0) is 16.0 Å². The summed E-state index contributed by atoms with van der Waals surface area (Å²) in [6.07, 6.45) is 3.14. The van der Waals surface area contributed by atoms with Crippen LogP contribution in [0, 0.1) is 11.2 Å². The molecule has 138 valence electrons. The summed E-state index contributed by atoms with van der Waals surface area (Å²) in [6, 6.07) is 4.78. The number of nitrogens with one attached hydrogen (secondary N) is 2. The van der Waals surface area contributed by atoms with Crippen LogP contribution in [0.15, 0.2) is 22.7 Å². The van der Waals surface area contributed by atoms with Gasteiger partial charge in [-0.05, 0) is 73.7 Å². The van der Waals surface area contributed by atoms with E-state index in [9.17, 15) is 14.0 Å². The number of hydrogen-bond acceptors (Lipinski definition) is 3. The Morgan fingerprint density at radius 1 is 1.24 bits per heavy atom. The molecule has 2 rings (SSSR count). The Balaban J connectivity index is 2.04. The molecule has 0 unspecified atom stereocenters. The summed E-state index contributed by atoms with van der Waals surface area (Å²) in [5, 5.41) is 0. The molecule has 1 aliphatic carbocycles. The lowest BCUT2D eigenvalue weighted by Crippen LogP contribution is -2.50. The van der Waals surface area contributed by atoms with Crippen molar-refractivity contribution in [3.63, 3.8) is 0 Å². The van der Waals surface area contributed by atoms with Crippen LogP contribution in [-0.4, -0.2) is 17.6 Å². The number of amides is 2. The van der Waals surface area contributed by atoms with E-state index < -0.39 is 17.1 Å². The number of hydrogen-bond donors (Lipinski definition) is 2. The normalized spacial score (nSPS) is 16.4. The summed E-state index contributed by atoms with van der Waals surface area (Å²) in [7, 11) is 0. The molecule has 1 fully saturated rings. The van der Waals surface area contributed by atoms with Gasteiger partial charge in [0, 0.05) is 0 Å². The number of ether oxygens (including phenoxy) is 1. The Hall–Kier alpha value is -1.63. The standard InChI is InChI=1S/C18H24BrFN2O3/c1-17(2,3)25-16(24)22-21-15(23)18(8-4-5-9-18)11-12-6-7-14(20)13(19)10-12/h6-7,10H,4-5,8-9,11H2,1-3H3,(H,21,23)(H,22,24). The smallest absolute Gasteiger partial charge is 0.426 e. The van der Waals surface area contributed by atoms with Crippen LogP contribution in [0.2, 0.25) is 0 Å². The molecular formula is C18H24BrFN2O3. The Bertz CT molecular complexity index is 652. The van der Waals surface area contributed by atoms with Crippen molar-refractivity contribution in [1.82, 2.24) is 10.9 Å². The highest BCUT2D eigenvalue weighted by Crippen LogP contribution is 2.41. The lowest BCUT2D eigenvalue weighted by atomic mass is 9.79. The van der Waals surface area contributed by atoms with E-state index in [1.54, 1.807) is 32.9 Å². The third-order valence-corrected chi connectivity index (χ3v) is 4.85. The lowest BCUT2D eigenvalue weighted by Gasteiger charge is -2.28. The summed E-state index contributed by atoms with van der Waals surface area (Å²) in [5.41, 5.74) is 4.44. The van der Waals surface area contributed by atoms with Gasteiger partial charge in [0.05, 0.1) is 9.89 Å². The third kappa shape index (κ3) is 5.42. The zero-order chi connectivity index (χ0) is 18.7. The van der Waals surface area contributed by atoms with Crippen LogP contribution >= 0.6 is 15.9 Å². The zero-order valence-electron chi connectivity index (χ0n) is 14.7. The zero-order valence-corrected chi connectivity index (χ0v) is 16.3. The average Bonchev–Trinajstić information content (AvgIpc) is 2.96. The van der Waals surface area contributed by atoms with E-state index in [-0.39, 0.29) is 11.7 Å². The van der Waals surface area contributed by atoms with Gasteiger partial charge in [-0.1, -0.05) is 18.9 Å². The fourth-order valence-corrected chi connectivity index (χ4v) is 3.55. The largest absolute Gasteiger partial charge is 0.443 e. The van der Waals surface area contributed by atoms with E-state index in [2.05, 4.69) is 26.8 Å². The highest BCUT2D eigenvalue weighted by molar-refractivity contribution is 9.10. The van der Waals surface area contributed by atoms with Crippen molar-refractivity contribution in [3.8, 4) is 0 Å². The van der Waals surface area contributed by atoms with E-state index in [0.29, 0.717) is 10.9 Å². The Morgan fingerprint density at radius 3 is 2.44 bits per heavy atom. The third-order valence-electron chi connectivity index (χ3n) is 4.25. The lowest BCUT2D eigenvalue weighted by molar-refractivity contribution is -0.131. The van der Waals surface area contributed by atoms with Crippen LogP contribution in [0.5, 0.6) is 0 Å². The Kier molecular flexibility index (Phi) is 6.08. The molecule has 0 aliphatic heterocycles. The van der Waals surface area contributed by atoms with Crippen molar-refractivity contribution < 1.29 is 18.7 Å². The first-order chi connectivity index (χ1) is 11.6. The Labute approximate surface area is 155 Å². The van der Waals surface area contributed by atoms with Gasteiger partial charge in [0.1, 0.15) is 11.4 Å². The fraction of sp³-hybridized carbons (Fsp3) is 0.556. The Morgan fingerprint density at radius 2 is 1.88 bits per heavy atom. The van der Waals surface area contributed by atoms with Gasteiger partial charge in [-0.2, -0.15) is 0 Å². The van der Waals surface area contributed by atoms with Gasteiger partial charge in [0.15, 0.2) is 0 Å².